The van der Waals surface area contributed by atoms with Crippen LogP contribution in [0.4, 0.5) is 0 Å². The van der Waals surface area contributed by atoms with Gasteiger partial charge in [0.25, 0.3) is 0 Å². The van der Waals surface area contributed by atoms with Gasteiger partial charge in [0.2, 0.25) is 11.8 Å². The minimum absolute atomic E-state index is 0.00390. The van der Waals surface area contributed by atoms with Crippen molar-refractivity contribution in [2.75, 3.05) is 13.1 Å². The van der Waals surface area contributed by atoms with E-state index in [9.17, 15) is 4.79 Å². The summed E-state index contributed by atoms with van der Waals surface area (Å²) in [6.07, 6.45) is 2.81. The molecule has 0 atom stereocenters. The lowest BCUT2D eigenvalue weighted by molar-refractivity contribution is -0.140. The highest BCUT2D eigenvalue weighted by Gasteiger charge is 2.32. The minimum atomic E-state index is 0.00390. The fourth-order valence-electron chi connectivity index (χ4n) is 2.58. The maximum absolute atomic E-state index is 12.2. The van der Waals surface area contributed by atoms with Gasteiger partial charge in [-0.05, 0) is 48.3 Å². The number of carbonyl (C=O) groups is 1. The second-order valence-electron chi connectivity index (χ2n) is 5.63. The van der Waals surface area contributed by atoms with Crippen molar-refractivity contribution in [3.05, 3.63) is 39.8 Å². The molecule has 1 aliphatic rings. The van der Waals surface area contributed by atoms with E-state index in [2.05, 4.69) is 26.1 Å². The Kier molecular flexibility index (Phi) is 4.66. The Morgan fingerprint density at radius 1 is 1.48 bits per heavy atom. The van der Waals surface area contributed by atoms with E-state index in [0.717, 1.165) is 21.5 Å². The molecular formula is C16H18BrN3O3. The Morgan fingerprint density at radius 2 is 2.26 bits per heavy atom. The molecule has 0 aromatic carbocycles. The third-order valence-electron chi connectivity index (χ3n) is 3.97. The first-order valence-electron chi connectivity index (χ1n) is 7.51. The summed E-state index contributed by atoms with van der Waals surface area (Å²) < 4.78 is 11.7. The van der Waals surface area contributed by atoms with Crippen LogP contribution in [-0.4, -0.2) is 40.1 Å². The van der Waals surface area contributed by atoms with Crippen LogP contribution in [0.1, 0.15) is 23.4 Å². The molecule has 0 saturated carbocycles. The highest BCUT2D eigenvalue weighted by molar-refractivity contribution is 9.10. The number of rotatable bonds is 5. The number of ether oxygens (including phenoxy) is 1. The first-order valence-corrected chi connectivity index (χ1v) is 8.30. The Balaban J connectivity index is 1.46. The number of pyridine rings is 1. The lowest BCUT2D eigenvalue weighted by Crippen LogP contribution is -2.56. The number of amides is 1. The Bertz CT molecular complexity index is 691. The monoisotopic (exact) mass is 379 g/mol. The molecule has 3 rings (SSSR count). The van der Waals surface area contributed by atoms with Crippen molar-refractivity contribution in [3.8, 4) is 5.88 Å². The summed E-state index contributed by atoms with van der Waals surface area (Å²) >= 11 is 3.40. The van der Waals surface area contributed by atoms with E-state index in [0.29, 0.717) is 31.8 Å². The molecule has 122 valence electrons. The molecule has 3 heterocycles. The molecule has 1 saturated heterocycles. The zero-order valence-electron chi connectivity index (χ0n) is 13.1. The predicted octanol–water partition coefficient (Wildman–Crippen LogP) is 2.67. The molecule has 0 aliphatic carbocycles. The predicted molar refractivity (Wildman–Crippen MR) is 87.2 cm³/mol. The largest absolute Gasteiger partial charge is 0.470 e. The van der Waals surface area contributed by atoms with Gasteiger partial charge in [0.1, 0.15) is 11.9 Å². The summed E-state index contributed by atoms with van der Waals surface area (Å²) in [7, 11) is 0. The van der Waals surface area contributed by atoms with Crippen molar-refractivity contribution in [2.24, 2.45) is 0 Å². The molecule has 6 nitrogen and oxygen atoms in total. The van der Waals surface area contributed by atoms with Crippen molar-refractivity contribution >= 4 is 21.8 Å². The van der Waals surface area contributed by atoms with E-state index >= 15 is 0 Å². The molecule has 1 fully saturated rings. The molecule has 0 unspecified atom stereocenters. The lowest BCUT2D eigenvalue weighted by Gasteiger charge is -2.38. The van der Waals surface area contributed by atoms with Crippen molar-refractivity contribution in [1.82, 2.24) is 15.0 Å². The fourth-order valence-corrected chi connectivity index (χ4v) is 2.93. The van der Waals surface area contributed by atoms with Crippen LogP contribution in [0.15, 0.2) is 27.3 Å². The van der Waals surface area contributed by atoms with E-state index in [1.165, 1.54) is 0 Å². The van der Waals surface area contributed by atoms with Gasteiger partial charge in [-0.1, -0.05) is 5.16 Å². The van der Waals surface area contributed by atoms with Crippen molar-refractivity contribution in [2.45, 2.75) is 32.8 Å². The quantitative estimate of drug-likeness (QED) is 0.798. The van der Waals surface area contributed by atoms with E-state index in [4.69, 9.17) is 9.26 Å². The number of likely N-dealkylation sites (tertiary alicyclic amines) is 1. The van der Waals surface area contributed by atoms with Gasteiger partial charge in [-0.15, -0.1) is 0 Å². The topological polar surface area (TPSA) is 68.5 Å². The molecule has 0 N–H and O–H groups in total. The number of aryl methyl sites for hydroxylation is 2. The highest BCUT2D eigenvalue weighted by atomic mass is 79.9. The van der Waals surface area contributed by atoms with Crippen molar-refractivity contribution in [3.63, 3.8) is 0 Å². The number of halogens is 1. The summed E-state index contributed by atoms with van der Waals surface area (Å²) in [5, 5.41) is 3.91. The molecule has 0 radical (unpaired) electrons. The second kappa shape index (κ2) is 6.70. The fraction of sp³-hybridized carbons (Fsp3) is 0.438. The van der Waals surface area contributed by atoms with Crippen LogP contribution in [0.25, 0.3) is 0 Å². The summed E-state index contributed by atoms with van der Waals surface area (Å²) in [6, 6.07) is 3.72. The molecule has 2 aromatic heterocycles. The first kappa shape index (κ1) is 16.0. The molecule has 1 aliphatic heterocycles. The zero-order valence-corrected chi connectivity index (χ0v) is 14.7. The van der Waals surface area contributed by atoms with Crippen LogP contribution in [-0.2, 0) is 11.2 Å². The smallest absolute Gasteiger partial charge is 0.228 e. The van der Waals surface area contributed by atoms with Crippen molar-refractivity contribution in [1.29, 1.82) is 0 Å². The van der Waals surface area contributed by atoms with Crippen LogP contribution in [0.3, 0.4) is 0 Å². The van der Waals surface area contributed by atoms with Crippen LogP contribution in [0, 0.1) is 13.8 Å². The molecule has 2 aromatic rings. The van der Waals surface area contributed by atoms with Gasteiger partial charge in [0.05, 0.1) is 23.3 Å². The summed E-state index contributed by atoms with van der Waals surface area (Å²) in [6.45, 7) is 4.97. The second-order valence-corrected chi connectivity index (χ2v) is 6.49. The number of hydrogen-bond donors (Lipinski definition) is 0. The third kappa shape index (κ3) is 3.55. The van der Waals surface area contributed by atoms with Gasteiger partial charge >= 0.3 is 0 Å². The standard InChI is InChI=1S/C16H18BrN3O3/c1-10-13(11(2)23-19-10)5-6-15(21)20-8-12(9-20)22-16-14(17)4-3-7-18-16/h3-4,7,12H,5-6,8-9H2,1-2H3. The summed E-state index contributed by atoms with van der Waals surface area (Å²) in [4.78, 5) is 18.2. The van der Waals surface area contributed by atoms with Gasteiger partial charge in [0, 0.05) is 18.2 Å². The number of aromatic nitrogens is 2. The molecule has 1 amide bonds. The number of carbonyl (C=O) groups excluding carboxylic acids is 1. The van der Waals surface area contributed by atoms with Crippen LogP contribution in [0.2, 0.25) is 0 Å². The SMILES string of the molecule is Cc1noc(C)c1CCC(=O)N1CC(Oc2ncccc2Br)C1. The minimum Gasteiger partial charge on any atom is -0.470 e. The Labute approximate surface area is 142 Å². The van der Waals surface area contributed by atoms with Gasteiger partial charge in [-0.2, -0.15) is 0 Å². The van der Waals surface area contributed by atoms with Gasteiger partial charge in [-0.3, -0.25) is 4.79 Å². The number of hydrogen-bond acceptors (Lipinski definition) is 5. The van der Waals surface area contributed by atoms with Gasteiger partial charge < -0.3 is 14.2 Å². The first-order chi connectivity index (χ1) is 11.0. The van der Waals surface area contributed by atoms with E-state index in [1.54, 1.807) is 11.1 Å². The maximum atomic E-state index is 12.2. The zero-order chi connectivity index (χ0) is 16.4. The average molecular weight is 380 g/mol. The van der Waals surface area contributed by atoms with E-state index in [-0.39, 0.29) is 12.0 Å². The highest BCUT2D eigenvalue weighted by Crippen LogP contribution is 2.25. The molecule has 7 heteroatoms. The van der Waals surface area contributed by atoms with Crippen LogP contribution in [0.5, 0.6) is 5.88 Å². The normalized spacial score (nSPS) is 14.7. The Hall–Kier alpha value is -1.89. The number of nitrogens with zero attached hydrogens (tertiary/aromatic N) is 3. The summed E-state index contributed by atoms with van der Waals surface area (Å²) in [5.41, 5.74) is 1.89. The van der Waals surface area contributed by atoms with Crippen LogP contribution < -0.4 is 4.74 Å². The molecule has 23 heavy (non-hydrogen) atoms. The van der Waals surface area contributed by atoms with Gasteiger partial charge in [-0.25, -0.2) is 4.98 Å². The third-order valence-corrected chi connectivity index (χ3v) is 4.58. The molecular weight excluding hydrogens is 362 g/mol. The molecule has 0 spiro atoms. The van der Waals surface area contributed by atoms with Crippen molar-refractivity contribution < 1.29 is 14.1 Å². The Morgan fingerprint density at radius 3 is 2.91 bits per heavy atom. The van der Waals surface area contributed by atoms with Gasteiger partial charge in [0.15, 0.2) is 0 Å². The van der Waals surface area contributed by atoms with Crippen LogP contribution >= 0.6 is 15.9 Å². The maximum Gasteiger partial charge on any atom is 0.228 e. The lowest BCUT2D eigenvalue weighted by atomic mass is 10.1. The average Bonchev–Trinajstić information content (AvgIpc) is 2.80. The van der Waals surface area contributed by atoms with E-state index in [1.807, 2.05) is 26.0 Å². The van der Waals surface area contributed by atoms with E-state index < -0.39 is 0 Å². The molecule has 0 bridgehead atoms. The summed E-state index contributed by atoms with van der Waals surface area (Å²) in [5.74, 6) is 1.49.